The van der Waals surface area contributed by atoms with Crippen LogP contribution in [0.3, 0.4) is 0 Å². The van der Waals surface area contributed by atoms with Gasteiger partial charge in [-0.15, -0.1) is 0 Å². The minimum absolute atomic E-state index is 0.0429. The quantitative estimate of drug-likeness (QED) is 0.361. The van der Waals surface area contributed by atoms with Crippen LogP contribution in [0.15, 0.2) is 0 Å². The van der Waals surface area contributed by atoms with Crippen molar-refractivity contribution in [1.82, 2.24) is 9.97 Å². The lowest BCUT2D eigenvalue weighted by atomic mass is 9.82. The monoisotopic (exact) mass is 264 g/mol. The standard InChI is InChI=1S/C4H4BIN3O2/c1-5-4-7-2(6)3(8-4)9(10)11/h1H3,(H,7,8). The summed E-state index contributed by atoms with van der Waals surface area (Å²) in [5.41, 5.74) is 0.529. The maximum Gasteiger partial charge on any atom is 0.353 e. The Morgan fingerprint density at radius 2 is 2.45 bits per heavy atom. The van der Waals surface area contributed by atoms with Crippen molar-refractivity contribution in [3.05, 3.63) is 13.8 Å². The lowest BCUT2D eigenvalue weighted by molar-refractivity contribution is -0.390. The molecule has 1 aromatic heterocycles. The minimum Gasteiger partial charge on any atom is -0.358 e. The third kappa shape index (κ3) is 1.70. The molecule has 0 spiro atoms. The highest BCUT2D eigenvalue weighted by Gasteiger charge is 2.15. The Morgan fingerprint density at radius 1 is 1.82 bits per heavy atom. The summed E-state index contributed by atoms with van der Waals surface area (Å²) in [6.45, 7) is 1.76. The van der Waals surface area contributed by atoms with E-state index >= 15 is 0 Å². The fourth-order valence-corrected chi connectivity index (χ4v) is 1.21. The first-order valence-electron chi connectivity index (χ1n) is 2.84. The van der Waals surface area contributed by atoms with Crippen LogP contribution in [0.25, 0.3) is 0 Å². The molecule has 7 heteroatoms. The number of hydrogen-bond donors (Lipinski definition) is 1. The lowest BCUT2D eigenvalue weighted by Gasteiger charge is -1.86. The lowest BCUT2D eigenvalue weighted by Crippen LogP contribution is -2.14. The Balaban J connectivity index is 3.07. The van der Waals surface area contributed by atoms with Crippen LogP contribution in [0.2, 0.25) is 6.82 Å². The fourth-order valence-electron chi connectivity index (χ4n) is 0.617. The topological polar surface area (TPSA) is 71.8 Å². The van der Waals surface area contributed by atoms with E-state index < -0.39 is 4.92 Å². The molecule has 1 N–H and O–H groups in total. The van der Waals surface area contributed by atoms with Crippen LogP contribution in [-0.2, 0) is 0 Å². The van der Waals surface area contributed by atoms with E-state index in [1.54, 1.807) is 14.1 Å². The second kappa shape index (κ2) is 3.20. The molecule has 5 nitrogen and oxygen atoms in total. The van der Waals surface area contributed by atoms with Gasteiger partial charge in [-0.05, 0) is 27.5 Å². The van der Waals surface area contributed by atoms with Gasteiger partial charge in [-0.3, -0.25) is 0 Å². The number of nitrogens with zero attached hydrogens (tertiary/aromatic N) is 2. The average Bonchev–Trinajstić information content (AvgIpc) is 2.30. The zero-order chi connectivity index (χ0) is 8.43. The minimum atomic E-state index is -0.484. The van der Waals surface area contributed by atoms with E-state index in [4.69, 9.17) is 0 Å². The van der Waals surface area contributed by atoms with Crippen molar-refractivity contribution in [1.29, 1.82) is 0 Å². The highest BCUT2D eigenvalue weighted by Crippen LogP contribution is 2.12. The van der Waals surface area contributed by atoms with E-state index in [1.807, 2.05) is 22.6 Å². The summed E-state index contributed by atoms with van der Waals surface area (Å²) in [5.74, 6) is -0.0429. The number of rotatable bonds is 2. The van der Waals surface area contributed by atoms with Crippen molar-refractivity contribution in [3.8, 4) is 0 Å². The van der Waals surface area contributed by atoms with Crippen LogP contribution in [0.5, 0.6) is 0 Å². The summed E-state index contributed by atoms with van der Waals surface area (Å²) in [6, 6.07) is 0. The number of imidazole rings is 1. The predicted octanol–water partition coefficient (Wildman–Crippen LogP) is 0.300. The number of aromatic nitrogens is 2. The van der Waals surface area contributed by atoms with E-state index in [2.05, 4.69) is 9.97 Å². The van der Waals surface area contributed by atoms with Crippen molar-refractivity contribution >= 4 is 41.4 Å². The van der Waals surface area contributed by atoms with E-state index in [-0.39, 0.29) is 5.82 Å². The van der Waals surface area contributed by atoms with Gasteiger partial charge in [0.15, 0.2) is 3.70 Å². The molecule has 0 aromatic carbocycles. The zero-order valence-corrected chi connectivity index (χ0v) is 7.82. The second-order valence-corrected chi connectivity index (χ2v) is 2.83. The predicted molar refractivity (Wildman–Crippen MR) is 49.2 cm³/mol. The maximum atomic E-state index is 10.3. The molecule has 57 valence electrons. The smallest absolute Gasteiger partial charge is 0.353 e. The Bertz CT molecular complexity index is 287. The molecule has 11 heavy (non-hydrogen) atoms. The van der Waals surface area contributed by atoms with Gasteiger partial charge < -0.3 is 10.1 Å². The van der Waals surface area contributed by atoms with Gasteiger partial charge in [0.25, 0.3) is 0 Å². The van der Waals surface area contributed by atoms with Crippen LogP contribution in [0.1, 0.15) is 0 Å². The van der Waals surface area contributed by atoms with E-state index in [0.29, 0.717) is 9.42 Å². The number of H-pyrrole nitrogens is 1. The Hall–Kier alpha value is -0.595. The van der Waals surface area contributed by atoms with Crippen LogP contribution in [0, 0.1) is 13.8 Å². The van der Waals surface area contributed by atoms with Crippen LogP contribution >= 0.6 is 22.6 Å². The first-order chi connectivity index (χ1) is 5.15. The highest BCUT2D eigenvalue weighted by molar-refractivity contribution is 14.1. The molecule has 0 saturated carbocycles. The fraction of sp³-hybridized carbons (Fsp3) is 0.250. The molecule has 0 fully saturated rings. The molecule has 1 radical (unpaired) electrons. The van der Waals surface area contributed by atoms with E-state index in [9.17, 15) is 10.1 Å². The van der Waals surface area contributed by atoms with Gasteiger partial charge in [0.05, 0.1) is 0 Å². The molecule has 0 amide bonds. The molecule has 0 aliphatic heterocycles. The van der Waals surface area contributed by atoms with E-state index in [1.165, 1.54) is 0 Å². The Morgan fingerprint density at radius 3 is 2.73 bits per heavy atom. The Labute approximate surface area is 77.1 Å². The molecule has 1 aromatic rings. The molecule has 0 saturated heterocycles. The molecular weight excluding hydrogens is 260 g/mol. The maximum absolute atomic E-state index is 10.3. The Kier molecular flexibility index (Phi) is 2.47. The first kappa shape index (κ1) is 8.50. The second-order valence-electron chi connectivity index (χ2n) is 1.81. The molecule has 1 heterocycles. The normalized spacial score (nSPS) is 9.64. The number of aromatic amines is 1. The van der Waals surface area contributed by atoms with Crippen molar-refractivity contribution in [2.45, 2.75) is 6.82 Å². The average molecular weight is 264 g/mol. The van der Waals surface area contributed by atoms with Crippen molar-refractivity contribution in [2.75, 3.05) is 0 Å². The van der Waals surface area contributed by atoms with Gasteiger partial charge >= 0.3 is 5.82 Å². The molecule has 0 aliphatic rings. The van der Waals surface area contributed by atoms with Gasteiger partial charge in [0.2, 0.25) is 7.28 Å². The van der Waals surface area contributed by atoms with Crippen molar-refractivity contribution < 1.29 is 4.92 Å². The molecule has 1 rings (SSSR count). The van der Waals surface area contributed by atoms with E-state index in [0.717, 1.165) is 0 Å². The summed E-state index contributed by atoms with van der Waals surface area (Å²) < 4.78 is 0.390. The summed E-state index contributed by atoms with van der Waals surface area (Å²) in [4.78, 5) is 16.2. The third-order valence-electron chi connectivity index (χ3n) is 1.12. The highest BCUT2D eigenvalue weighted by atomic mass is 127. The molecular formula is C4H4BIN3O2. The van der Waals surface area contributed by atoms with Gasteiger partial charge in [-0.25, -0.2) is 9.97 Å². The summed E-state index contributed by atoms with van der Waals surface area (Å²) in [5, 5.41) is 10.3. The largest absolute Gasteiger partial charge is 0.358 e. The van der Waals surface area contributed by atoms with Crippen LogP contribution < -0.4 is 5.72 Å². The van der Waals surface area contributed by atoms with Crippen molar-refractivity contribution in [3.63, 3.8) is 0 Å². The van der Waals surface area contributed by atoms with Gasteiger partial charge in [-0.2, -0.15) is 0 Å². The number of hydrogen-bond acceptors (Lipinski definition) is 3. The molecule has 0 aliphatic carbocycles. The van der Waals surface area contributed by atoms with Gasteiger partial charge in [-0.1, -0.05) is 6.82 Å². The summed E-state index contributed by atoms with van der Waals surface area (Å²) >= 11 is 1.82. The van der Waals surface area contributed by atoms with Gasteiger partial charge in [0, 0.05) is 0 Å². The number of nitrogens with one attached hydrogen (secondary N) is 1. The van der Waals surface area contributed by atoms with Gasteiger partial charge in [0.1, 0.15) is 5.72 Å². The molecule has 0 bridgehead atoms. The third-order valence-corrected chi connectivity index (χ3v) is 1.87. The zero-order valence-electron chi connectivity index (χ0n) is 5.67. The SMILES string of the molecule is C[B]c1nc(I)c([N+](=O)[O-])[nH]1. The first-order valence-corrected chi connectivity index (χ1v) is 3.92. The summed E-state index contributed by atoms with van der Waals surface area (Å²) in [7, 11) is 1.68. The molecule has 0 unspecified atom stereocenters. The molecule has 0 atom stereocenters. The van der Waals surface area contributed by atoms with Crippen molar-refractivity contribution in [2.24, 2.45) is 0 Å². The van der Waals surface area contributed by atoms with Crippen LogP contribution in [-0.4, -0.2) is 22.2 Å². The number of halogens is 1. The number of nitro groups is 1. The van der Waals surface area contributed by atoms with Crippen LogP contribution in [0.4, 0.5) is 5.82 Å². The summed E-state index contributed by atoms with van der Waals surface area (Å²) in [6.07, 6.45) is 0.